The molecule has 3 heteroatoms. The lowest BCUT2D eigenvalue weighted by Gasteiger charge is -2.19. The largest absolute Gasteiger partial charge is 0.489 e. The Balaban J connectivity index is 2.33. The first-order valence-electron chi connectivity index (χ1n) is 6.77. The van der Waals surface area contributed by atoms with Gasteiger partial charge in [-0.3, -0.25) is 0 Å². The molecule has 1 aliphatic rings. The molecule has 1 aromatic carbocycles. The van der Waals surface area contributed by atoms with Crippen LogP contribution in [0.5, 0.6) is 11.5 Å². The van der Waals surface area contributed by atoms with E-state index in [1.54, 1.807) is 0 Å². The fourth-order valence-electron chi connectivity index (χ4n) is 2.29. The lowest BCUT2D eigenvalue weighted by Crippen LogP contribution is -2.26. The van der Waals surface area contributed by atoms with Crippen molar-refractivity contribution in [2.75, 3.05) is 13.2 Å². The van der Waals surface area contributed by atoms with Crippen LogP contribution >= 0.6 is 0 Å². The summed E-state index contributed by atoms with van der Waals surface area (Å²) >= 11 is 0. The minimum Gasteiger partial charge on any atom is -0.489 e. The standard InChI is InChI=1S/C16H22O3/c1-11(5-6-17)13-8-15-14(7-12(13)2)18-9-16(3,4)10-19-15/h6-8,11H,5,9-10H2,1-4H3. The van der Waals surface area contributed by atoms with E-state index in [0.29, 0.717) is 19.6 Å². The average molecular weight is 262 g/mol. The highest BCUT2D eigenvalue weighted by Crippen LogP contribution is 2.38. The van der Waals surface area contributed by atoms with Gasteiger partial charge in [0.25, 0.3) is 0 Å². The number of aryl methyl sites for hydroxylation is 1. The van der Waals surface area contributed by atoms with E-state index in [1.165, 1.54) is 0 Å². The second kappa shape index (κ2) is 5.24. The number of hydrogen-bond acceptors (Lipinski definition) is 3. The predicted octanol–water partition coefficient (Wildman–Crippen LogP) is 3.48. The van der Waals surface area contributed by atoms with E-state index < -0.39 is 0 Å². The maximum atomic E-state index is 10.7. The Kier molecular flexibility index (Phi) is 3.83. The molecule has 0 saturated heterocycles. The van der Waals surface area contributed by atoms with Crippen molar-refractivity contribution >= 4 is 6.29 Å². The summed E-state index contributed by atoms with van der Waals surface area (Å²) in [5, 5.41) is 0. The molecular weight excluding hydrogens is 240 g/mol. The van der Waals surface area contributed by atoms with Gasteiger partial charge in [-0.05, 0) is 36.1 Å². The third kappa shape index (κ3) is 3.09. The zero-order chi connectivity index (χ0) is 14.0. The number of carbonyl (C=O) groups excluding carboxylic acids is 1. The molecule has 1 heterocycles. The molecule has 2 rings (SSSR count). The first-order valence-corrected chi connectivity index (χ1v) is 6.77. The van der Waals surface area contributed by atoms with Crippen molar-refractivity contribution < 1.29 is 14.3 Å². The van der Waals surface area contributed by atoms with Crippen molar-refractivity contribution in [1.29, 1.82) is 0 Å². The Labute approximate surface area is 114 Å². The number of rotatable bonds is 3. The number of carbonyl (C=O) groups is 1. The molecule has 0 fully saturated rings. The Morgan fingerprint density at radius 3 is 2.42 bits per heavy atom. The highest BCUT2D eigenvalue weighted by molar-refractivity contribution is 5.54. The van der Waals surface area contributed by atoms with Crippen LogP contribution in [-0.4, -0.2) is 19.5 Å². The van der Waals surface area contributed by atoms with Crippen LogP contribution in [0.4, 0.5) is 0 Å². The van der Waals surface area contributed by atoms with Crippen LogP contribution in [-0.2, 0) is 4.79 Å². The fraction of sp³-hybridized carbons (Fsp3) is 0.562. The lowest BCUT2D eigenvalue weighted by molar-refractivity contribution is -0.108. The molecule has 0 saturated carbocycles. The molecule has 1 aromatic rings. The van der Waals surface area contributed by atoms with E-state index in [9.17, 15) is 4.79 Å². The highest BCUT2D eigenvalue weighted by atomic mass is 16.5. The Morgan fingerprint density at radius 1 is 1.26 bits per heavy atom. The van der Waals surface area contributed by atoms with Gasteiger partial charge in [0.2, 0.25) is 0 Å². The lowest BCUT2D eigenvalue weighted by atomic mass is 9.93. The Hall–Kier alpha value is -1.51. The van der Waals surface area contributed by atoms with Gasteiger partial charge < -0.3 is 14.3 Å². The third-order valence-corrected chi connectivity index (χ3v) is 3.55. The molecule has 19 heavy (non-hydrogen) atoms. The Morgan fingerprint density at radius 2 is 1.84 bits per heavy atom. The van der Waals surface area contributed by atoms with E-state index in [4.69, 9.17) is 9.47 Å². The topological polar surface area (TPSA) is 35.5 Å². The summed E-state index contributed by atoms with van der Waals surface area (Å²) in [6, 6.07) is 4.05. The van der Waals surface area contributed by atoms with Crippen molar-refractivity contribution in [2.45, 2.75) is 40.0 Å². The summed E-state index contributed by atoms with van der Waals surface area (Å²) in [4.78, 5) is 10.7. The smallest absolute Gasteiger partial charge is 0.161 e. The van der Waals surface area contributed by atoms with Gasteiger partial charge in [0.1, 0.15) is 6.29 Å². The molecule has 0 N–H and O–H groups in total. The van der Waals surface area contributed by atoms with E-state index in [1.807, 2.05) is 12.1 Å². The van der Waals surface area contributed by atoms with Crippen molar-refractivity contribution in [2.24, 2.45) is 5.41 Å². The highest BCUT2D eigenvalue weighted by Gasteiger charge is 2.26. The number of hydrogen-bond donors (Lipinski definition) is 0. The van der Waals surface area contributed by atoms with Crippen molar-refractivity contribution in [1.82, 2.24) is 0 Å². The molecule has 3 nitrogen and oxygen atoms in total. The van der Waals surface area contributed by atoms with Crippen LogP contribution in [0.1, 0.15) is 44.2 Å². The molecule has 0 aliphatic carbocycles. The van der Waals surface area contributed by atoms with Crippen molar-refractivity contribution in [3.05, 3.63) is 23.3 Å². The fourth-order valence-corrected chi connectivity index (χ4v) is 2.29. The minimum absolute atomic E-state index is 0.0154. The maximum absolute atomic E-state index is 10.7. The second-order valence-electron chi connectivity index (χ2n) is 6.20. The van der Waals surface area contributed by atoms with E-state index in [-0.39, 0.29) is 11.3 Å². The molecule has 104 valence electrons. The summed E-state index contributed by atoms with van der Waals surface area (Å²) in [6.07, 6.45) is 1.50. The van der Waals surface area contributed by atoms with Gasteiger partial charge >= 0.3 is 0 Å². The molecule has 0 aromatic heterocycles. The van der Waals surface area contributed by atoms with Crippen LogP contribution in [0.25, 0.3) is 0 Å². The number of aldehydes is 1. The molecule has 0 spiro atoms. The van der Waals surface area contributed by atoms with Crippen LogP contribution < -0.4 is 9.47 Å². The second-order valence-corrected chi connectivity index (χ2v) is 6.20. The number of benzene rings is 1. The normalized spacial score (nSPS) is 18.5. The van der Waals surface area contributed by atoms with Crippen molar-refractivity contribution in [3.63, 3.8) is 0 Å². The van der Waals surface area contributed by atoms with Gasteiger partial charge in [-0.2, -0.15) is 0 Å². The van der Waals surface area contributed by atoms with Gasteiger partial charge in [0.15, 0.2) is 11.5 Å². The summed E-state index contributed by atoms with van der Waals surface area (Å²) in [5.74, 6) is 1.82. The average Bonchev–Trinajstić information content (AvgIpc) is 2.48. The monoisotopic (exact) mass is 262 g/mol. The number of fused-ring (bicyclic) bond motifs is 1. The maximum Gasteiger partial charge on any atom is 0.161 e. The molecule has 1 aliphatic heterocycles. The SMILES string of the molecule is Cc1cc2c(cc1C(C)CC=O)OCC(C)(C)CO2. The predicted molar refractivity (Wildman–Crippen MR) is 75.0 cm³/mol. The van der Waals surface area contributed by atoms with Crippen LogP contribution in [0.3, 0.4) is 0 Å². The molecule has 1 atom stereocenters. The molecule has 0 radical (unpaired) electrons. The van der Waals surface area contributed by atoms with Crippen LogP contribution in [0, 0.1) is 12.3 Å². The first-order chi connectivity index (χ1) is 8.93. The summed E-state index contributed by atoms with van der Waals surface area (Å²) in [5.41, 5.74) is 2.33. The number of ether oxygens (including phenoxy) is 2. The van der Waals surface area contributed by atoms with E-state index in [2.05, 4.69) is 27.7 Å². The summed E-state index contributed by atoms with van der Waals surface area (Å²) in [7, 11) is 0. The third-order valence-electron chi connectivity index (χ3n) is 3.55. The quantitative estimate of drug-likeness (QED) is 0.782. The molecule has 1 unspecified atom stereocenters. The minimum atomic E-state index is 0.0154. The van der Waals surface area contributed by atoms with Crippen LogP contribution in [0.15, 0.2) is 12.1 Å². The Bertz CT molecular complexity index is 477. The zero-order valence-electron chi connectivity index (χ0n) is 12.2. The summed E-state index contributed by atoms with van der Waals surface area (Å²) < 4.78 is 11.7. The first kappa shape index (κ1) is 13.9. The van der Waals surface area contributed by atoms with Gasteiger partial charge in [-0.1, -0.05) is 20.8 Å². The van der Waals surface area contributed by atoms with E-state index >= 15 is 0 Å². The molecule has 0 bridgehead atoms. The van der Waals surface area contributed by atoms with Crippen LogP contribution in [0.2, 0.25) is 0 Å². The van der Waals surface area contributed by atoms with Crippen molar-refractivity contribution in [3.8, 4) is 11.5 Å². The van der Waals surface area contributed by atoms with E-state index in [0.717, 1.165) is 28.9 Å². The van der Waals surface area contributed by atoms with Gasteiger partial charge in [0.05, 0.1) is 13.2 Å². The van der Waals surface area contributed by atoms with Gasteiger partial charge in [-0.25, -0.2) is 0 Å². The van der Waals surface area contributed by atoms with Gasteiger partial charge in [-0.15, -0.1) is 0 Å². The molecular formula is C16H22O3. The summed E-state index contributed by atoms with van der Waals surface area (Å²) in [6.45, 7) is 9.66. The zero-order valence-corrected chi connectivity index (χ0v) is 12.2. The molecule has 0 amide bonds. The van der Waals surface area contributed by atoms with Gasteiger partial charge in [0, 0.05) is 11.8 Å².